The van der Waals surface area contributed by atoms with Crippen molar-refractivity contribution < 1.29 is 46.7 Å². The maximum Gasteiger partial charge on any atom is 0.397 e. The molecule has 10 nitrogen and oxygen atoms in total. The number of hydrogen-bond donors (Lipinski definition) is 4. The highest BCUT2D eigenvalue weighted by Gasteiger charge is 2.50. The minimum absolute atomic E-state index is 1.06. The lowest BCUT2D eigenvalue weighted by Crippen LogP contribution is -2.61. The van der Waals surface area contributed by atoms with Crippen LogP contribution in [0.4, 0.5) is 0 Å². The van der Waals surface area contributed by atoms with E-state index in [9.17, 15) is 23.4 Å². The predicted molar refractivity (Wildman–Crippen MR) is 51.7 cm³/mol. The van der Waals surface area contributed by atoms with E-state index in [1.807, 2.05) is 0 Å². The first-order chi connectivity index (χ1) is 8.17. The molecule has 11 heteroatoms. The van der Waals surface area contributed by atoms with Gasteiger partial charge in [-0.05, 0) is 0 Å². The van der Waals surface area contributed by atoms with Crippen LogP contribution < -0.4 is 0 Å². The number of carboxylic acid groups (broad SMARTS) is 1. The molecule has 1 saturated heterocycles. The van der Waals surface area contributed by atoms with Crippen LogP contribution in [0.15, 0.2) is 0 Å². The van der Waals surface area contributed by atoms with Crippen molar-refractivity contribution in [2.24, 2.45) is 0 Å². The van der Waals surface area contributed by atoms with Gasteiger partial charge in [0.1, 0.15) is 18.3 Å². The van der Waals surface area contributed by atoms with E-state index in [-0.39, 0.29) is 0 Å². The van der Waals surface area contributed by atoms with Gasteiger partial charge < -0.3 is 24.8 Å². The molecule has 0 spiro atoms. The number of carbonyl (C=O) groups is 1. The first-order valence-corrected chi connectivity index (χ1v) is 5.96. The number of aliphatic carboxylic acids is 1. The minimum atomic E-state index is -4.99. The molecule has 0 saturated carbocycles. The van der Waals surface area contributed by atoms with E-state index in [0.29, 0.717) is 0 Å². The second-order valence-electron chi connectivity index (χ2n) is 3.47. The lowest BCUT2D eigenvalue weighted by atomic mass is 9.99. The average Bonchev–Trinajstić information content (AvgIpc) is 2.22. The van der Waals surface area contributed by atoms with Crippen LogP contribution >= 0.6 is 0 Å². The second kappa shape index (κ2) is 5.44. The van der Waals surface area contributed by atoms with Crippen LogP contribution in [-0.2, 0) is 28.9 Å². The molecule has 106 valence electrons. The number of rotatable bonds is 4. The van der Waals surface area contributed by atoms with Crippen LogP contribution in [0.2, 0.25) is 0 Å². The summed E-state index contributed by atoms with van der Waals surface area (Å²) in [6, 6.07) is 0. The van der Waals surface area contributed by atoms with Gasteiger partial charge >= 0.3 is 16.4 Å². The molecular formula is C7H12O10S. The van der Waals surface area contributed by atoms with Gasteiger partial charge in [0.2, 0.25) is 0 Å². The number of aliphatic hydroxyl groups is 2. The van der Waals surface area contributed by atoms with Crippen LogP contribution in [0.1, 0.15) is 0 Å². The number of aliphatic hydroxyl groups excluding tert-OH is 2. The van der Waals surface area contributed by atoms with Crippen molar-refractivity contribution in [3.05, 3.63) is 0 Å². The lowest BCUT2D eigenvalue weighted by molar-refractivity contribution is -0.283. The zero-order chi connectivity index (χ0) is 14.1. The van der Waals surface area contributed by atoms with E-state index in [1.54, 1.807) is 0 Å². The Morgan fingerprint density at radius 3 is 2.22 bits per heavy atom. The molecule has 0 aromatic rings. The van der Waals surface area contributed by atoms with Gasteiger partial charge in [-0.15, -0.1) is 0 Å². The second-order valence-corrected chi connectivity index (χ2v) is 4.52. The molecule has 4 N–H and O–H groups in total. The Labute approximate surface area is 102 Å². The summed E-state index contributed by atoms with van der Waals surface area (Å²) in [5, 5.41) is 27.8. The summed E-state index contributed by atoms with van der Waals surface area (Å²) in [5.74, 6) is -1.61. The fourth-order valence-electron chi connectivity index (χ4n) is 1.49. The third-order valence-electron chi connectivity index (χ3n) is 2.25. The Balaban J connectivity index is 2.99. The normalized spacial score (nSPS) is 37.4. The minimum Gasteiger partial charge on any atom is -0.479 e. The number of hydrogen-bond acceptors (Lipinski definition) is 8. The zero-order valence-electron chi connectivity index (χ0n) is 9.03. The van der Waals surface area contributed by atoms with Gasteiger partial charge in [-0.25, -0.2) is 8.98 Å². The van der Waals surface area contributed by atoms with Gasteiger partial charge in [0.05, 0.1) is 0 Å². The molecule has 5 atom stereocenters. The lowest BCUT2D eigenvalue weighted by Gasteiger charge is -2.39. The summed E-state index contributed by atoms with van der Waals surface area (Å²) < 4.78 is 42.9. The maximum absolute atomic E-state index is 10.8. The first kappa shape index (κ1) is 15.2. The van der Waals surface area contributed by atoms with Crippen molar-refractivity contribution in [3.63, 3.8) is 0 Å². The van der Waals surface area contributed by atoms with E-state index < -0.39 is 47.1 Å². The van der Waals surface area contributed by atoms with Gasteiger partial charge in [-0.2, -0.15) is 8.42 Å². The van der Waals surface area contributed by atoms with Gasteiger partial charge in [0.25, 0.3) is 0 Å². The molecule has 0 aromatic carbocycles. The maximum atomic E-state index is 10.8. The van der Waals surface area contributed by atoms with Crippen LogP contribution in [-0.4, -0.2) is 72.1 Å². The number of carboxylic acids is 1. The Morgan fingerprint density at radius 1 is 1.28 bits per heavy atom. The van der Waals surface area contributed by atoms with Crippen molar-refractivity contribution in [3.8, 4) is 0 Å². The van der Waals surface area contributed by atoms with Gasteiger partial charge in [0.15, 0.2) is 12.4 Å². The van der Waals surface area contributed by atoms with E-state index in [4.69, 9.17) is 9.66 Å². The molecule has 1 aliphatic rings. The Morgan fingerprint density at radius 2 is 1.83 bits per heavy atom. The van der Waals surface area contributed by atoms with Crippen molar-refractivity contribution in [1.29, 1.82) is 0 Å². The van der Waals surface area contributed by atoms with E-state index in [1.165, 1.54) is 0 Å². The Kier molecular flexibility index (Phi) is 4.61. The largest absolute Gasteiger partial charge is 0.479 e. The highest BCUT2D eigenvalue weighted by atomic mass is 32.3. The molecule has 1 aliphatic heterocycles. The van der Waals surface area contributed by atoms with Crippen LogP contribution in [0.3, 0.4) is 0 Å². The molecule has 0 amide bonds. The predicted octanol–water partition coefficient (Wildman–Crippen LogP) is -2.65. The third-order valence-corrected chi connectivity index (χ3v) is 2.72. The van der Waals surface area contributed by atoms with Crippen LogP contribution in [0, 0.1) is 0 Å². The topological polar surface area (TPSA) is 160 Å². The SMILES string of the molecule is CO[C@@H]1O[C@H](C(=O)O)[C@@H](O)[C@H](OS(=O)(=O)O)[C@H]1O. The van der Waals surface area contributed by atoms with Crippen molar-refractivity contribution in [1.82, 2.24) is 0 Å². The summed E-state index contributed by atoms with van der Waals surface area (Å²) in [4.78, 5) is 10.8. The van der Waals surface area contributed by atoms with E-state index in [0.717, 1.165) is 7.11 Å². The summed E-state index contributed by atoms with van der Waals surface area (Å²) in [5.41, 5.74) is 0. The fourth-order valence-corrected chi connectivity index (χ4v) is 2.00. The zero-order valence-corrected chi connectivity index (χ0v) is 9.85. The van der Waals surface area contributed by atoms with Gasteiger partial charge in [-0.1, -0.05) is 0 Å². The average molecular weight is 288 g/mol. The first-order valence-electron chi connectivity index (χ1n) is 4.60. The van der Waals surface area contributed by atoms with Gasteiger partial charge in [0, 0.05) is 7.11 Å². The summed E-state index contributed by atoms with van der Waals surface area (Å²) >= 11 is 0. The summed E-state index contributed by atoms with van der Waals surface area (Å²) in [6.45, 7) is 0. The quantitative estimate of drug-likeness (QED) is 0.402. The van der Waals surface area contributed by atoms with E-state index in [2.05, 4.69) is 13.7 Å². The van der Waals surface area contributed by atoms with E-state index >= 15 is 0 Å². The van der Waals surface area contributed by atoms with Gasteiger partial charge in [-0.3, -0.25) is 4.55 Å². The highest BCUT2D eigenvalue weighted by molar-refractivity contribution is 7.80. The molecule has 0 unspecified atom stereocenters. The molecule has 18 heavy (non-hydrogen) atoms. The standard InChI is InChI=1S/C7H12O10S/c1-15-7-3(9)4(17-18(12,13)14)2(8)5(16-7)6(10)11/h2-5,7-9H,1H3,(H,10,11)(H,12,13,14)/t2-,3+,4-,5-,7+/m0/s1. The fraction of sp³-hybridized carbons (Fsp3) is 0.857. The molecule has 0 radical (unpaired) electrons. The smallest absolute Gasteiger partial charge is 0.397 e. The highest BCUT2D eigenvalue weighted by Crippen LogP contribution is 2.25. The molecule has 1 heterocycles. The molecule has 0 aliphatic carbocycles. The Hall–Kier alpha value is -0.820. The summed E-state index contributed by atoms with van der Waals surface area (Å²) in [7, 11) is -3.93. The monoisotopic (exact) mass is 288 g/mol. The van der Waals surface area contributed by atoms with Crippen LogP contribution in [0.25, 0.3) is 0 Å². The summed E-state index contributed by atoms with van der Waals surface area (Å²) in [6.07, 6.45) is -9.14. The van der Waals surface area contributed by atoms with Crippen molar-refractivity contribution in [2.45, 2.75) is 30.7 Å². The van der Waals surface area contributed by atoms with Crippen molar-refractivity contribution >= 4 is 16.4 Å². The number of methoxy groups -OCH3 is 1. The van der Waals surface area contributed by atoms with Crippen molar-refractivity contribution in [2.75, 3.05) is 7.11 Å². The number of ether oxygens (including phenoxy) is 2. The third kappa shape index (κ3) is 3.35. The van der Waals surface area contributed by atoms with Crippen LogP contribution in [0.5, 0.6) is 0 Å². The Bertz CT molecular complexity index is 404. The molecule has 1 rings (SSSR count). The molecule has 1 fully saturated rings. The molecule has 0 bridgehead atoms. The molecular weight excluding hydrogens is 276 g/mol. The molecule has 0 aromatic heterocycles.